The molecule has 1 aromatic heterocycles. The number of ether oxygens (including phenoxy) is 1. The van der Waals surface area contributed by atoms with Crippen molar-refractivity contribution in [1.29, 1.82) is 0 Å². The SMILES string of the molecule is CCOC(=O)c1ccc(-c2nc3cc(Cl)cc(Cl)c3o2)cc1Cl. The molecule has 0 saturated carbocycles. The zero-order valence-corrected chi connectivity index (χ0v) is 14.2. The van der Waals surface area contributed by atoms with Crippen LogP contribution in [0.15, 0.2) is 34.7 Å². The molecular weight excluding hydrogens is 361 g/mol. The van der Waals surface area contributed by atoms with Crippen molar-refractivity contribution in [3.63, 3.8) is 0 Å². The lowest BCUT2D eigenvalue weighted by atomic mass is 10.1. The fraction of sp³-hybridized carbons (Fsp3) is 0.125. The number of nitrogens with zero attached hydrogens (tertiary/aromatic N) is 1. The van der Waals surface area contributed by atoms with E-state index in [2.05, 4.69) is 4.98 Å². The summed E-state index contributed by atoms with van der Waals surface area (Å²) in [6, 6.07) is 8.08. The van der Waals surface area contributed by atoms with Gasteiger partial charge in [-0.2, -0.15) is 0 Å². The maximum absolute atomic E-state index is 11.8. The monoisotopic (exact) mass is 369 g/mol. The van der Waals surface area contributed by atoms with E-state index in [-0.39, 0.29) is 17.2 Å². The van der Waals surface area contributed by atoms with Gasteiger partial charge < -0.3 is 9.15 Å². The highest BCUT2D eigenvalue weighted by Gasteiger charge is 2.16. The van der Waals surface area contributed by atoms with Gasteiger partial charge in [-0.05, 0) is 37.3 Å². The van der Waals surface area contributed by atoms with Crippen LogP contribution in [-0.4, -0.2) is 17.6 Å². The van der Waals surface area contributed by atoms with E-state index in [4.69, 9.17) is 44.0 Å². The first-order chi connectivity index (χ1) is 11.0. The van der Waals surface area contributed by atoms with Gasteiger partial charge in [-0.25, -0.2) is 9.78 Å². The summed E-state index contributed by atoms with van der Waals surface area (Å²) in [6.07, 6.45) is 0. The fourth-order valence-electron chi connectivity index (χ4n) is 2.11. The third-order valence-corrected chi connectivity index (χ3v) is 3.93. The number of oxazole rings is 1. The highest BCUT2D eigenvalue weighted by atomic mass is 35.5. The van der Waals surface area contributed by atoms with Crippen molar-refractivity contribution in [2.75, 3.05) is 6.61 Å². The minimum Gasteiger partial charge on any atom is -0.462 e. The van der Waals surface area contributed by atoms with Gasteiger partial charge in [0.25, 0.3) is 0 Å². The minimum atomic E-state index is -0.476. The van der Waals surface area contributed by atoms with Crippen LogP contribution < -0.4 is 0 Å². The molecule has 0 aliphatic heterocycles. The van der Waals surface area contributed by atoms with Crippen LogP contribution in [0.2, 0.25) is 15.1 Å². The number of aromatic nitrogens is 1. The topological polar surface area (TPSA) is 52.3 Å². The first-order valence-corrected chi connectivity index (χ1v) is 7.85. The molecule has 3 aromatic rings. The lowest BCUT2D eigenvalue weighted by molar-refractivity contribution is 0.0526. The Bertz CT molecular complexity index is 905. The van der Waals surface area contributed by atoms with Gasteiger partial charge in [0.1, 0.15) is 5.52 Å². The van der Waals surface area contributed by atoms with Crippen LogP contribution in [0.3, 0.4) is 0 Å². The fourth-order valence-corrected chi connectivity index (χ4v) is 2.88. The molecular formula is C16H10Cl3NO3. The van der Waals surface area contributed by atoms with Gasteiger partial charge in [-0.3, -0.25) is 0 Å². The molecule has 0 fully saturated rings. The van der Waals surface area contributed by atoms with Crippen LogP contribution in [0.25, 0.3) is 22.6 Å². The molecule has 7 heteroatoms. The number of carbonyl (C=O) groups is 1. The van der Waals surface area contributed by atoms with Crippen molar-refractivity contribution in [2.24, 2.45) is 0 Å². The van der Waals surface area contributed by atoms with Gasteiger partial charge in [0, 0.05) is 10.6 Å². The molecule has 4 nitrogen and oxygen atoms in total. The number of hydrogen-bond donors (Lipinski definition) is 0. The van der Waals surface area contributed by atoms with E-state index in [0.29, 0.717) is 32.6 Å². The maximum atomic E-state index is 11.8. The summed E-state index contributed by atoms with van der Waals surface area (Å²) in [5, 5.41) is 1.10. The molecule has 0 unspecified atom stereocenters. The van der Waals surface area contributed by atoms with E-state index >= 15 is 0 Å². The van der Waals surface area contributed by atoms with Crippen LogP contribution in [0.1, 0.15) is 17.3 Å². The summed E-state index contributed by atoms with van der Waals surface area (Å²) in [5.74, 6) is -0.141. The zero-order chi connectivity index (χ0) is 16.6. The first kappa shape index (κ1) is 16.1. The van der Waals surface area contributed by atoms with Gasteiger partial charge in [0.15, 0.2) is 5.58 Å². The van der Waals surface area contributed by atoms with E-state index in [1.54, 1.807) is 37.3 Å². The van der Waals surface area contributed by atoms with Crippen molar-refractivity contribution < 1.29 is 13.9 Å². The molecule has 0 amide bonds. The number of carbonyl (C=O) groups excluding carboxylic acids is 1. The van der Waals surface area contributed by atoms with Crippen LogP contribution in [-0.2, 0) is 4.74 Å². The Labute approximate surface area is 146 Å². The molecule has 0 atom stereocenters. The van der Waals surface area contributed by atoms with Crippen molar-refractivity contribution in [1.82, 2.24) is 4.98 Å². The van der Waals surface area contributed by atoms with E-state index in [9.17, 15) is 4.79 Å². The largest absolute Gasteiger partial charge is 0.462 e. The van der Waals surface area contributed by atoms with E-state index in [1.165, 1.54) is 0 Å². The van der Waals surface area contributed by atoms with Gasteiger partial charge in [-0.15, -0.1) is 0 Å². The molecule has 23 heavy (non-hydrogen) atoms. The van der Waals surface area contributed by atoms with Crippen LogP contribution >= 0.6 is 34.8 Å². The third-order valence-electron chi connectivity index (χ3n) is 3.12. The highest BCUT2D eigenvalue weighted by molar-refractivity contribution is 6.38. The number of fused-ring (bicyclic) bond motifs is 1. The smallest absolute Gasteiger partial charge is 0.339 e. The Morgan fingerprint density at radius 1 is 1.17 bits per heavy atom. The van der Waals surface area contributed by atoms with E-state index in [1.807, 2.05) is 0 Å². The molecule has 0 aliphatic carbocycles. The summed E-state index contributed by atoms with van der Waals surface area (Å²) >= 11 is 18.2. The third kappa shape index (κ3) is 3.15. The predicted octanol–water partition coefficient (Wildman–Crippen LogP) is 5.63. The van der Waals surface area contributed by atoms with Gasteiger partial charge in [0.05, 0.1) is 22.2 Å². The van der Waals surface area contributed by atoms with Gasteiger partial charge >= 0.3 is 5.97 Å². The van der Waals surface area contributed by atoms with Crippen LogP contribution in [0, 0.1) is 0 Å². The quantitative estimate of drug-likeness (QED) is 0.560. The van der Waals surface area contributed by atoms with E-state index in [0.717, 1.165) is 0 Å². The summed E-state index contributed by atoms with van der Waals surface area (Å²) in [6.45, 7) is 2.01. The number of hydrogen-bond acceptors (Lipinski definition) is 4. The van der Waals surface area contributed by atoms with Gasteiger partial charge in [0.2, 0.25) is 5.89 Å². The molecule has 1 heterocycles. The van der Waals surface area contributed by atoms with Gasteiger partial charge in [-0.1, -0.05) is 34.8 Å². The Morgan fingerprint density at radius 2 is 1.96 bits per heavy atom. The molecule has 0 aliphatic rings. The molecule has 3 rings (SSSR count). The van der Waals surface area contributed by atoms with Crippen molar-refractivity contribution in [3.05, 3.63) is 51.0 Å². The second-order valence-electron chi connectivity index (χ2n) is 4.67. The predicted molar refractivity (Wildman–Crippen MR) is 90.4 cm³/mol. The molecule has 0 saturated heterocycles. The zero-order valence-electron chi connectivity index (χ0n) is 11.9. The normalized spacial score (nSPS) is 11.0. The summed E-state index contributed by atoms with van der Waals surface area (Å²) in [7, 11) is 0. The standard InChI is InChI=1S/C16H10Cl3NO3/c1-2-22-16(21)10-4-3-8(5-11(10)18)15-20-13-7-9(17)6-12(19)14(13)23-15/h3-7H,2H2,1H3. The number of esters is 1. The number of rotatable bonds is 3. The van der Waals surface area contributed by atoms with Crippen molar-refractivity contribution >= 4 is 51.9 Å². The highest BCUT2D eigenvalue weighted by Crippen LogP contribution is 2.33. The van der Waals surface area contributed by atoms with Crippen molar-refractivity contribution in [2.45, 2.75) is 6.92 Å². The Morgan fingerprint density at radius 3 is 2.65 bits per heavy atom. The Hall–Kier alpha value is -1.75. The van der Waals surface area contributed by atoms with Crippen molar-refractivity contribution in [3.8, 4) is 11.5 Å². The molecule has 0 N–H and O–H groups in total. The molecule has 0 bridgehead atoms. The van der Waals surface area contributed by atoms with Crippen LogP contribution in [0.5, 0.6) is 0 Å². The summed E-state index contributed by atoms with van der Waals surface area (Å²) < 4.78 is 10.6. The molecule has 0 spiro atoms. The number of benzene rings is 2. The second-order valence-corrected chi connectivity index (χ2v) is 5.92. The van der Waals surface area contributed by atoms with Crippen LogP contribution in [0.4, 0.5) is 0 Å². The maximum Gasteiger partial charge on any atom is 0.339 e. The minimum absolute atomic E-state index is 0.257. The average molecular weight is 371 g/mol. The summed E-state index contributed by atoms with van der Waals surface area (Å²) in [4.78, 5) is 16.1. The van der Waals surface area contributed by atoms with E-state index < -0.39 is 5.97 Å². The average Bonchev–Trinajstić information content (AvgIpc) is 2.91. The molecule has 118 valence electrons. The summed E-state index contributed by atoms with van der Waals surface area (Å²) in [5.41, 5.74) is 1.89. The lowest BCUT2D eigenvalue weighted by Gasteiger charge is -2.04. The molecule has 0 radical (unpaired) electrons. The Balaban J connectivity index is 2.04. The lowest BCUT2D eigenvalue weighted by Crippen LogP contribution is -2.05. The molecule has 2 aromatic carbocycles. The number of halogens is 3. The second kappa shape index (κ2) is 6.40. The Kier molecular flexibility index (Phi) is 4.48. The first-order valence-electron chi connectivity index (χ1n) is 6.72.